The van der Waals surface area contributed by atoms with Crippen LogP contribution in [0.5, 0.6) is 0 Å². The Balaban J connectivity index is 1.59. The average molecular weight is 367 g/mol. The molecule has 1 atom stereocenters. The molecule has 3 saturated carbocycles. The second kappa shape index (κ2) is 5.92. The second-order valence-corrected chi connectivity index (χ2v) is 8.68. The Hall–Kier alpha value is -1.66. The molecule has 7 heteroatoms. The zero-order chi connectivity index (χ0) is 18.7. The van der Waals surface area contributed by atoms with Gasteiger partial charge in [-0.15, -0.1) is 0 Å². The molecular weight excluding hydrogens is 340 g/mol. The smallest absolute Gasteiger partial charge is 0.413 e. The third kappa shape index (κ3) is 3.09. The summed E-state index contributed by atoms with van der Waals surface area (Å²) < 4.78 is 33.9. The van der Waals surface area contributed by atoms with Gasteiger partial charge in [0.25, 0.3) is 0 Å². The molecule has 3 aliphatic rings. The Bertz CT molecular complexity index is 715. The zero-order valence-corrected chi connectivity index (χ0v) is 15.6. The number of carbonyl (C=O) groups is 1. The predicted molar refractivity (Wildman–Crippen MR) is 93.6 cm³/mol. The number of nitrogens with one attached hydrogen (secondary N) is 1. The number of hydrogen-bond acceptors (Lipinski definition) is 3. The molecule has 1 heterocycles. The van der Waals surface area contributed by atoms with Crippen molar-refractivity contribution < 1.29 is 18.3 Å². The van der Waals surface area contributed by atoms with Gasteiger partial charge >= 0.3 is 6.09 Å². The number of hydrogen-bond donors (Lipinski definition) is 1. The van der Waals surface area contributed by atoms with Crippen molar-refractivity contribution in [1.82, 2.24) is 9.78 Å². The highest BCUT2D eigenvalue weighted by Gasteiger charge is 2.50. The SMILES string of the molecule is CC(OC(=O)Nc1c(C2(C)CCC2)c(C2CC(F)(F)C2)nn1C)C1CC1. The third-order valence-corrected chi connectivity index (χ3v) is 6.41. The van der Waals surface area contributed by atoms with E-state index < -0.39 is 12.0 Å². The van der Waals surface area contributed by atoms with Gasteiger partial charge in [0.1, 0.15) is 11.9 Å². The van der Waals surface area contributed by atoms with Gasteiger partial charge in [0.05, 0.1) is 5.69 Å². The Morgan fingerprint density at radius 1 is 1.35 bits per heavy atom. The summed E-state index contributed by atoms with van der Waals surface area (Å²) in [6.07, 6.45) is 4.37. The highest BCUT2D eigenvalue weighted by atomic mass is 19.3. The highest BCUT2D eigenvalue weighted by Crippen LogP contribution is 2.54. The van der Waals surface area contributed by atoms with Crippen molar-refractivity contribution in [3.63, 3.8) is 0 Å². The summed E-state index contributed by atoms with van der Waals surface area (Å²) >= 11 is 0. The molecular formula is C19H27F2N3O2. The van der Waals surface area contributed by atoms with Crippen LogP contribution >= 0.6 is 0 Å². The van der Waals surface area contributed by atoms with Gasteiger partial charge in [-0.2, -0.15) is 5.10 Å². The molecule has 1 N–H and O–H groups in total. The van der Waals surface area contributed by atoms with Crippen LogP contribution in [0.3, 0.4) is 0 Å². The Labute approximate surface area is 152 Å². The lowest BCUT2D eigenvalue weighted by Crippen LogP contribution is -2.37. The summed E-state index contributed by atoms with van der Waals surface area (Å²) in [5.41, 5.74) is 1.55. The second-order valence-electron chi connectivity index (χ2n) is 8.68. The summed E-state index contributed by atoms with van der Waals surface area (Å²) in [5, 5.41) is 7.40. The number of aryl methyl sites for hydroxylation is 1. The van der Waals surface area contributed by atoms with Crippen LogP contribution in [0.15, 0.2) is 0 Å². The van der Waals surface area contributed by atoms with Crippen molar-refractivity contribution in [2.24, 2.45) is 13.0 Å². The first-order valence-corrected chi connectivity index (χ1v) is 9.61. The number of anilines is 1. The van der Waals surface area contributed by atoms with Gasteiger partial charge < -0.3 is 4.74 Å². The minimum atomic E-state index is -2.59. The van der Waals surface area contributed by atoms with Gasteiger partial charge in [-0.3, -0.25) is 10.00 Å². The number of carbonyl (C=O) groups excluding carboxylic acids is 1. The molecule has 0 spiro atoms. The maximum Gasteiger partial charge on any atom is 0.413 e. The summed E-state index contributed by atoms with van der Waals surface area (Å²) in [6.45, 7) is 4.05. The first kappa shape index (κ1) is 17.7. The van der Waals surface area contributed by atoms with E-state index in [0.717, 1.165) is 43.4 Å². The standard InChI is InChI=1S/C19H27F2N3O2/c1-11(12-5-6-12)26-17(25)22-16-14(18(2)7-4-8-18)15(23-24(16)3)13-9-19(20,21)10-13/h11-13H,4-10H2,1-3H3,(H,22,25). The molecule has 0 radical (unpaired) electrons. The molecule has 1 aromatic rings. The molecule has 1 amide bonds. The van der Waals surface area contributed by atoms with Gasteiger partial charge in [0.15, 0.2) is 0 Å². The first-order chi connectivity index (χ1) is 12.2. The summed E-state index contributed by atoms with van der Waals surface area (Å²) in [6, 6.07) is 0. The van der Waals surface area contributed by atoms with Crippen LogP contribution in [0.2, 0.25) is 0 Å². The molecule has 0 aliphatic heterocycles. The summed E-state index contributed by atoms with van der Waals surface area (Å²) in [7, 11) is 1.76. The number of alkyl halides is 2. The number of ether oxygens (including phenoxy) is 1. The van der Waals surface area contributed by atoms with E-state index in [9.17, 15) is 13.6 Å². The lowest BCUT2D eigenvalue weighted by molar-refractivity contribution is -0.0880. The van der Waals surface area contributed by atoms with E-state index in [1.807, 2.05) is 6.92 Å². The molecule has 1 unspecified atom stereocenters. The minimum absolute atomic E-state index is 0.101. The first-order valence-electron chi connectivity index (χ1n) is 9.61. The lowest BCUT2D eigenvalue weighted by atomic mass is 9.63. The molecule has 4 rings (SSSR count). The topological polar surface area (TPSA) is 56.1 Å². The van der Waals surface area contributed by atoms with E-state index in [2.05, 4.69) is 17.3 Å². The van der Waals surface area contributed by atoms with E-state index in [-0.39, 0.29) is 30.3 Å². The van der Waals surface area contributed by atoms with Crippen LogP contribution in [0.25, 0.3) is 0 Å². The molecule has 5 nitrogen and oxygen atoms in total. The van der Waals surface area contributed by atoms with E-state index in [1.54, 1.807) is 11.7 Å². The third-order valence-electron chi connectivity index (χ3n) is 6.41. The molecule has 144 valence electrons. The van der Waals surface area contributed by atoms with Crippen LogP contribution in [-0.2, 0) is 17.2 Å². The fourth-order valence-corrected chi connectivity index (χ4v) is 4.34. The van der Waals surface area contributed by atoms with E-state index in [1.165, 1.54) is 0 Å². The number of halogens is 2. The molecule has 0 saturated heterocycles. The van der Waals surface area contributed by atoms with Crippen molar-refractivity contribution in [3.8, 4) is 0 Å². The summed E-state index contributed by atoms with van der Waals surface area (Å²) in [5.74, 6) is -1.76. The van der Waals surface area contributed by atoms with Crippen molar-refractivity contribution >= 4 is 11.9 Å². The van der Waals surface area contributed by atoms with Crippen LogP contribution in [0.4, 0.5) is 19.4 Å². The fourth-order valence-electron chi connectivity index (χ4n) is 4.34. The number of amides is 1. The molecule has 26 heavy (non-hydrogen) atoms. The Morgan fingerprint density at radius 2 is 2.00 bits per heavy atom. The van der Waals surface area contributed by atoms with Crippen LogP contribution < -0.4 is 5.32 Å². The minimum Gasteiger partial charge on any atom is -0.446 e. The highest BCUT2D eigenvalue weighted by molar-refractivity contribution is 5.85. The number of rotatable bonds is 5. The van der Waals surface area contributed by atoms with Crippen molar-refractivity contribution in [3.05, 3.63) is 11.3 Å². The number of aromatic nitrogens is 2. The van der Waals surface area contributed by atoms with E-state index in [4.69, 9.17) is 4.74 Å². The molecule has 3 fully saturated rings. The van der Waals surface area contributed by atoms with E-state index >= 15 is 0 Å². The Morgan fingerprint density at radius 3 is 2.50 bits per heavy atom. The Kier molecular flexibility index (Phi) is 4.04. The van der Waals surface area contributed by atoms with E-state index in [0.29, 0.717) is 11.7 Å². The monoisotopic (exact) mass is 367 g/mol. The quantitative estimate of drug-likeness (QED) is 0.819. The largest absolute Gasteiger partial charge is 0.446 e. The fraction of sp³-hybridized carbons (Fsp3) is 0.789. The molecule has 3 aliphatic carbocycles. The van der Waals surface area contributed by atoms with Gasteiger partial charge in [-0.05, 0) is 43.9 Å². The molecule has 0 bridgehead atoms. The maximum absolute atomic E-state index is 13.4. The average Bonchev–Trinajstić information content (AvgIpc) is 3.29. The predicted octanol–water partition coefficient (Wildman–Crippen LogP) is 4.72. The van der Waals surface area contributed by atoms with Crippen molar-refractivity contribution in [1.29, 1.82) is 0 Å². The zero-order valence-electron chi connectivity index (χ0n) is 15.6. The van der Waals surface area contributed by atoms with Gasteiger partial charge in [0.2, 0.25) is 5.92 Å². The van der Waals surface area contributed by atoms with Gasteiger partial charge in [-0.1, -0.05) is 13.3 Å². The maximum atomic E-state index is 13.4. The molecule has 1 aromatic heterocycles. The molecule has 0 aromatic carbocycles. The summed E-state index contributed by atoms with van der Waals surface area (Å²) in [4.78, 5) is 12.4. The van der Waals surface area contributed by atoms with Gasteiger partial charge in [-0.25, -0.2) is 13.6 Å². The van der Waals surface area contributed by atoms with Crippen LogP contribution in [0, 0.1) is 5.92 Å². The normalized spacial score (nSPS) is 25.1. The lowest BCUT2D eigenvalue weighted by Gasteiger charge is -2.42. The van der Waals surface area contributed by atoms with Gasteiger partial charge in [0, 0.05) is 31.4 Å². The van der Waals surface area contributed by atoms with Crippen molar-refractivity contribution in [2.45, 2.75) is 82.2 Å². The number of nitrogens with zero attached hydrogens (tertiary/aromatic N) is 2. The van der Waals surface area contributed by atoms with Crippen molar-refractivity contribution in [2.75, 3.05) is 5.32 Å². The van der Waals surface area contributed by atoms with Crippen LogP contribution in [0.1, 0.15) is 76.0 Å². The van der Waals surface area contributed by atoms with Crippen LogP contribution in [-0.4, -0.2) is 27.9 Å².